The highest BCUT2D eigenvalue weighted by atomic mass is 16.3. The molecule has 78 valence electrons. The Kier molecular flexibility index (Phi) is 2.86. The average molecular weight is 202 g/mol. The fraction of sp³-hybridized carbons (Fsp3) is 0.308. The molecule has 0 amide bonds. The summed E-state index contributed by atoms with van der Waals surface area (Å²) < 4.78 is 5.42. The van der Waals surface area contributed by atoms with Crippen LogP contribution in [-0.2, 0) is 11.2 Å². The van der Waals surface area contributed by atoms with Gasteiger partial charge in [0.2, 0.25) is 0 Å². The van der Waals surface area contributed by atoms with Crippen molar-refractivity contribution in [2.24, 2.45) is 0 Å². The highest BCUT2D eigenvalue weighted by Crippen LogP contribution is 2.22. The Labute approximate surface area is 88.9 Å². The van der Waals surface area contributed by atoms with Gasteiger partial charge in [-0.05, 0) is 31.4 Å². The maximum Gasteiger partial charge on any atom is 0.134 e. The lowest BCUT2D eigenvalue weighted by molar-refractivity contribution is -0.117. The third kappa shape index (κ3) is 2.27. The van der Waals surface area contributed by atoms with Crippen LogP contribution in [0.1, 0.15) is 25.3 Å². The van der Waals surface area contributed by atoms with E-state index >= 15 is 0 Å². The van der Waals surface area contributed by atoms with E-state index in [1.165, 1.54) is 10.9 Å². The zero-order valence-electron chi connectivity index (χ0n) is 8.82. The number of furan rings is 1. The van der Waals surface area contributed by atoms with Gasteiger partial charge in [-0.2, -0.15) is 0 Å². The van der Waals surface area contributed by atoms with Gasteiger partial charge in [0.25, 0.3) is 0 Å². The minimum absolute atomic E-state index is 0.253. The molecule has 0 aliphatic carbocycles. The standard InChI is InChI=1S/C13H14O2/c1-10(14)5-4-6-11-9-15-13-8-3-2-7-12(11)13/h2-3,7-9H,4-6H2,1H3. The molecule has 0 unspecified atom stereocenters. The predicted molar refractivity (Wildman–Crippen MR) is 59.8 cm³/mol. The van der Waals surface area contributed by atoms with E-state index in [2.05, 4.69) is 6.07 Å². The molecule has 1 aromatic heterocycles. The second-order valence-corrected chi connectivity index (χ2v) is 3.81. The summed E-state index contributed by atoms with van der Waals surface area (Å²) in [5.74, 6) is 0.253. The van der Waals surface area contributed by atoms with E-state index in [9.17, 15) is 4.79 Å². The van der Waals surface area contributed by atoms with Crippen molar-refractivity contribution in [3.8, 4) is 0 Å². The van der Waals surface area contributed by atoms with E-state index in [1.807, 2.05) is 18.2 Å². The number of hydrogen-bond donors (Lipinski definition) is 0. The molecule has 0 aliphatic rings. The lowest BCUT2D eigenvalue weighted by atomic mass is 10.1. The summed E-state index contributed by atoms with van der Waals surface area (Å²) in [5.41, 5.74) is 2.13. The Morgan fingerprint density at radius 2 is 2.13 bits per heavy atom. The molecule has 0 atom stereocenters. The first-order valence-electron chi connectivity index (χ1n) is 5.22. The van der Waals surface area contributed by atoms with Crippen molar-refractivity contribution in [3.63, 3.8) is 0 Å². The summed E-state index contributed by atoms with van der Waals surface area (Å²) >= 11 is 0. The smallest absolute Gasteiger partial charge is 0.134 e. The number of rotatable bonds is 4. The van der Waals surface area contributed by atoms with Crippen molar-refractivity contribution < 1.29 is 9.21 Å². The van der Waals surface area contributed by atoms with Gasteiger partial charge < -0.3 is 9.21 Å². The van der Waals surface area contributed by atoms with Crippen LogP contribution < -0.4 is 0 Å². The first-order valence-corrected chi connectivity index (χ1v) is 5.22. The third-order valence-electron chi connectivity index (χ3n) is 2.54. The van der Waals surface area contributed by atoms with Crippen LogP contribution in [0.2, 0.25) is 0 Å². The summed E-state index contributed by atoms with van der Waals surface area (Å²) in [6, 6.07) is 7.99. The molecule has 15 heavy (non-hydrogen) atoms. The summed E-state index contributed by atoms with van der Waals surface area (Å²) in [6.07, 6.45) is 4.26. The van der Waals surface area contributed by atoms with Crippen LogP contribution in [0.5, 0.6) is 0 Å². The number of para-hydroxylation sites is 1. The average Bonchev–Trinajstić information content (AvgIpc) is 2.62. The number of ketones is 1. The second-order valence-electron chi connectivity index (χ2n) is 3.81. The largest absolute Gasteiger partial charge is 0.464 e. The molecule has 0 bridgehead atoms. The van der Waals surface area contributed by atoms with Crippen LogP contribution in [-0.4, -0.2) is 5.78 Å². The Balaban J connectivity index is 2.11. The van der Waals surface area contributed by atoms with Crippen molar-refractivity contribution >= 4 is 16.8 Å². The molecule has 2 nitrogen and oxygen atoms in total. The molecule has 1 aromatic carbocycles. The van der Waals surface area contributed by atoms with Crippen molar-refractivity contribution in [3.05, 3.63) is 36.1 Å². The number of aryl methyl sites for hydroxylation is 1. The topological polar surface area (TPSA) is 30.2 Å². The molecule has 0 spiro atoms. The Bertz CT molecular complexity index is 468. The van der Waals surface area contributed by atoms with E-state index in [1.54, 1.807) is 13.2 Å². The minimum atomic E-state index is 0.253. The molecule has 0 N–H and O–H groups in total. The van der Waals surface area contributed by atoms with E-state index in [-0.39, 0.29) is 5.78 Å². The van der Waals surface area contributed by atoms with Crippen molar-refractivity contribution in [2.45, 2.75) is 26.2 Å². The van der Waals surface area contributed by atoms with Crippen LogP contribution in [0.4, 0.5) is 0 Å². The number of benzene rings is 1. The Morgan fingerprint density at radius 3 is 2.93 bits per heavy atom. The number of carbonyl (C=O) groups is 1. The van der Waals surface area contributed by atoms with Crippen LogP contribution in [0.3, 0.4) is 0 Å². The maximum absolute atomic E-state index is 10.8. The maximum atomic E-state index is 10.8. The van der Waals surface area contributed by atoms with E-state index in [0.717, 1.165) is 18.4 Å². The van der Waals surface area contributed by atoms with Crippen LogP contribution in [0, 0.1) is 0 Å². The molecular weight excluding hydrogens is 188 g/mol. The summed E-state index contributed by atoms with van der Waals surface area (Å²) in [4.78, 5) is 10.8. The minimum Gasteiger partial charge on any atom is -0.464 e. The SMILES string of the molecule is CC(=O)CCCc1coc2ccccc12. The molecule has 1 heterocycles. The lowest BCUT2D eigenvalue weighted by Crippen LogP contribution is -1.91. The number of hydrogen-bond acceptors (Lipinski definition) is 2. The number of Topliss-reactive ketones (excluding diaryl/α,β-unsaturated/α-hetero) is 1. The van der Waals surface area contributed by atoms with Gasteiger partial charge in [0.1, 0.15) is 11.4 Å². The van der Waals surface area contributed by atoms with Gasteiger partial charge in [-0.1, -0.05) is 18.2 Å². The van der Waals surface area contributed by atoms with E-state index in [0.29, 0.717) is 6.42 Å². The second kappa shape index (κ2) is 4.30. The molecule has 2 rings (SSSR count). The molecule has 0 fully saturated rings. The van der Waals surface area contributed by atoms with E-state index in [4.69, 9.17) is 4.42 Å². The Morgan fingerprint density at radius 1 is 1.33 bits per heavy atom. The zero-order chi connectivity index (χ0) is 10.7. The fourth-order valence-corrected chi connectivity index (χ4v) is 1.75. The monoisotopic (exact) mass is 202 g/mol. The highest BCUT2D eigenvalue weighted by Gasteiger charge is 2.04. The Hall–Kier alpha value is -1.57. The molecule has 0 saturated carbocycles. The lowest BCUT2D eigenvalue weighted by Gasteiger charge is -1.96. The van der Waals surface area contributed by atoms with Crippen molar-refractivity contribution in [1.29, 1.82) is 0 Å². The van der Waals surface area contributed by atoms with Gasteiger partial charge >= 0.3 is 0 Å². The first-order chi connectivity index (χ1) is 7.27. The number of carbonyl (C=O) groups excluding carboxylic acids is 1. The van der Waals surface area contributed by atoms with Gasteiger partial charge in [0.15, 0.2) is 0 Å². The predicted octanol–water partition coefficient (Wildman–Crippen LogP) is 3.34. The summed E-state index contributed by atoms with van der Waals surface area (Å²) in [7, 11) is 0. The zero-order valence-corrected chi connectivity index (χ0v) is 8.82. The number of fused-ring (bicyclic) bond motifs is 1. The van der Waals surface area contributed by atoms with Gasteiger partial charge in [0.05, 0.1) is 6.26 Å². The van der Waals surface area contributed by atoms with Crippen LogP contribution in [0.15, 0.2) is 34.9 Å². The fourth-order valence-electron chi connectivity index (χ4n) is 1.75. The molecular formula is C13H14O2. The van der Waals surface area contributed by atoms with Crippen LogP contribution >= 0.6 is 0 Å². The molecule has 2 aromatic rings. The van der Waals surface area contributed by atoms with E-state index < -0.39 is 0 Å². The molecule has 0 aliphatic heterocycles. The normalized spacial score (nSPS) is 10.7. The quantitative estimate of drug-likeness (QED) is 0.761. The summed E-state index contributed by atoms with van der Waals surface area (Å²) in [5, 5.41) is 1.17. The third-order valence-corrected chi connectivity index (χ3v) is 2.54. The van der Waals surface area contributed by atoms with Crippen molar-refractivity contribution in [1.82, 2.24) is 0 Å². The van der Waals surface area contributed by atoms with Gasteiger partial charge in [-0.3, -0.25) is 0 Å². The van der Waals surface area contributed by atoms with Crippen molar-refractivity contribution in [2.75, 3.05) is 0 Å². The van der Waals surface area contributed by atoms with Gasteiger partial charge in [-0.25, -0.2) is 0 Å². The first kappa shape index (κ1) is 9.97. The molecule has 2 heteroatoms. The molecule has 0 saturated heterocycles. The molecule has 0 radical (unpaired) electrons. The van der Waals surface area contributed by atoms with Gasteiger partial charge in [0, 0.05) is 11.8 Å². The van der Waals surface area contributed by atoms with Crippen LogP contribution in [0.25, 0.3) is 11.0 Å². The highest BCUT2D eigenvalue weighted by molar-refractivity contribution is 5.81. The van der Waals surface area contributed by atoms with Gasteiger partial charge in [-0.15, -0.1) is 0 Å². The summed E-state index contributed by atoms with van der Waals surface area (Å²) in [6.45, 7) is 1.63.